The minimum Gasteiger partial charge on any atom is -0.263 e. The fourth-order valence-electron chi connectivity index (χ4n) is 1.79. The Morgan fingerprint density at radius 1 is 1.29 bits per heavy atom. The van der Waals surface area contributed by atoms with Crippen molar-refractivity contribution >= 4 is 6.21 Å². The first-order valence-electron chi connectivity index (χ1n) is 5.30. The minimum atomic E-state index is -5.49. The van der Waals surface area contributed by atoms with E-state index in [1.165, 1.54) is 11.4 Å². The number of nitro groups is 1. The number of aromatic nitrogens is 2. The van der Waals surface area contributed by atoms with E-state index in [1.54, 1.807) is 0 Å². The Hall–Kier alpha value is -2.24. The maximum Gasteiger partial charge on any atom is 0.468 e. The molecule has 2 unspecified atom stereocenters. The van der Waals surface area contributed by atoms with Crippen molar-refractivity contribution in [2.24, 2.45) is 4.99 Å². The van der Waals surface area contributed by atoms with Crippen molar-refractivity contribution in [1.29, 1.82) is 0 Å². The maximum absolute atomic E-state index is 13.2. The van der Waals surface area contributed by atoms with Gasteiger partial charge in [-0.2, -0.15) is 22.0 Å². The van der Waals surface area contributed by atoms with E-state index in [4.69, 9.17) is 0 Å². The third-order valence-corrected chi connectivity index (χ3v) is 2.78. The molecule has 0 aliphatic carbocycles. The van der Waals surface area contributed by atoms with Crippen LogP contribution in [0.4, 0.5) is 22.0 Å². The molecule has 2 atom stereocenters. The number of hydrogen-bond acceptors (Lipinski definition) is 6. The molecular weight excluding hydrogens is 305 g/mol. The molecule has 1 aliphatic heterocycles. The molecule has 0 spiro atoms. The monoisotopic (exact) mass is 311 g/mol. The Kier molecular flexibility index (Phi) is 3.35. The van der Waals surface area contributed by atoms with E-state index in [0.29, 0.717) is 0 Å². The fraction of sp³-hybridized carbons (Fsp3) is 0.444. The zero-order valence-electron chi connectivity index (χ0n) is 9.88. The Labute approximate surface area is 113 Å². The highest BCUT2D eigenvalue weighted by atomic mass is 19.4. The molecule has 0 radical (unpaired) electrons. The molecule has 2 heterocycles. The molecule has 0 saturated carbocycles. The molecule has 0 fully saturated rings. The lowest BCUT2D eigenvalue weighted by Crippen LogP contribution is -2.66. The minimum absolute atomic E-state index is 0.412. The van der Waals surface area contributed by atoms with Crippen LogP contribution in [0.1, 0.15) is 11.9 Å². The van der Waals surface area contributed by atoms with Crippen LogP contribution in [-0.4, -0.2) is 39.0 Å². The van der Waals surface area contributed by atoms with E-state index in [1.807, 2.05) is 0 Å². The lowest BCUT2D eigenvalue weighted by molar-refractivity contribution is -0.596. The van der Waals surface area contributed by atoms with Crippen molar-refractivity contribution in [3.8, 4) is 0 Å². The van der Waals surface area contributed by atoms with Gasteiger partial charge in [0.15, 0.2) is 11.9 Å². The van der Waals surface area contributed by atoms with Gasteiger partial charge in [0.2, 0.25) is 0 Å². The molecule has 1 aromatic rings. The van der Waals surface area contributed by atoms with E-state index in [-0.39, 0.29) is 0 Å². The van der Waals surface area contributed by atoms with Crippen molar-refractivity contribution < 1.29 is 26.9 Å². The Morgan fingerprint density at radius 2 is 1.86 bits per heavy atom. The van der Waals surface area contributed by atoms with Crippen LogP contribution >= 0.6 is 0 Å². The molecule has 12 heteroatoms. The number of hydrogen-bond donors (Lipinski definition) is 1. The zero-order valence-corrected chi connectivity index (χ0v) is 9.88. The molecule has 7 nitrogen and oxygen atoms in total. The van der Waals surface area contributed by atoms with E-state index >= 15 is 0 Å². The highest BCUT2D eigenvalue weighted by Crippen LogP contribution is 2.44. The van der Waals surface area contributed by atoms with Gasteiger partial charge in [0.05, 0.1) is 6.21 Å². The van der Waals surface area contributed by atoms with Crippen LogP contribution in [0.3, 0.4) is 0 Å². The molecule has 21 heavy (non-hydrogen) atoms. The summed E-state index contributed by atoms with van der Waals surface area (Å²) in [6.07, 6.45) is -8.05. The number of nitrogens with zero attached hydrogens (tertiary/aromatic N) is 4. The number of halogens is 5. The molecule has 0 amide bonds. The summed E-state index contributed by atoms with van der Waals surface area (Å²) in [5.41, 5.74) is -3.89. The van der Waals surface area contributed by atoms with Crippen molar-refractivity contribution in [3.05, 3.63) is 34.4 Å². The van der Waals surface area contributed by atoms with Gasteiger partial charge in [-0.3, -0.25) is 10.1 Å². The predicted octanol–water partition coefficient (Wildman–Crippen LogP) is 1.32. The number of aliphatic imine (C=N–C) groups is 1. The first-order valence-corrected chi connectivity index (χ1v) is 5.30. The molecule has 1 aliphatic rings. The summed E-state index contributed by atoms with van der Waals surface area (Å²) < 4.78 is 65.8. The van der Waals surface area contributed by atoms with Crippen LogP contribution in [0.2, 0.25) is 0 Å². The summed E-state index contributed by atoms with van der Waals surface area (Å²) in [5.74, 6) is -0.794. The molecular formula is C9H6F5N5O2. The van der Waals surface area contributed by atoms with E-state index < -0.39 is 40.9 Å². The molecule has 1 N–H and O–H groups in total. The first kappa shape index (κ1) is 15.2. The van der Waals surface area contributed by atoms with Gasteiger partial charge in [-0.25, -0.2) is 20.3 Å². The summed E-state index contributed by atoms with van der Waals surface area (Å²) in [6.45, 7) is 0. The van der Waals surface area contributed by atoms with Crippen LogP contribution in [0.15, 0.2) is 23.5 Å². The highest BCUT2D eigenvalue weighted by Gasteiger charge is 2.74. The average molecular weight is 311 g/mol. The lowest BCUT2D eigenvalue weighted by atomic mass is 9.89. The highest BCUT2D eigenvalue weighted by molar-refractivity contribution is 5.72. The van der Waals surface area contributed by atoms with Crippen molar-refractivity contribution in [2.75, 3.05) is 0 Å². The molecule has 0 bridgehead atoms. The van der Waals surface area contributed by atoms with Crippen LogP contribution < -0.4 is 5.32 Å². The third-order valence-electron chi connectivity index (χ3n) is 2.78. The quantitative estimate of drug-likeness (QED) is 0.385. The van der Waals surface area contributed by atoms with Crippen molar-refractivity contribution in [3.63, 3.8) is 0 Å². The zero-order chi connectivity index (χ0) is 15.9. The summed E-state index contributed by atoms with van der Waals surface area (Å²) in [6, 6.07) is -1.30. The predicted molar refractivity (Wildman–Crippen MR) is 57.1 cm³/mol. The van der Waals surface area contributed by atoms with E-state index in [0.717, 1.165) is 12.4 Å². The molecule has 2 rings (SSSR count). The fourth-order valence-corrected chi connectivity index (χ4v) is 1.79. The Balaban J connectivity index is 2.67. The molecule has 1 aromatic heterocycles. The van der Waals surface area contributed by atoms with Gasteiger partial charge < -0.3 is 0 Å². The maximum atomic E-state index is 13.2. The standard InChI is InChI=1S/C9H6F5N5O2/c10-8(11,12)7(19(20)21)4-17-9(13,14)18-5(7)6-15-2-1-3-16-6/h1-5,18H. The second-order valence-electron chi connectivity index (χ2n) is 4.06. The summed E-state index contributed by atoms with van der Waals surface area (Å²) in [7, 11) is 0. The normalized spacial score (nSPS) is 28.3. The number of alkyl halides is 5. The van der Waals surface area contributed by atoms with Gasteiger partial charge in [-0.05, 0) is 6.07 Å². The Bertz CT molecular complexity index is 578. The molecule has 114 valence electrons. The molecule has 0 aromatic carbocycles. The Morgan fingerprint density at radius 3 is 2.33 bits per heavy atom. The second kappa shape index (κ2) is 4.65. The topological polar surface area (TPSA) is 93.3 Å². The van der Waals surface area contributed by atoms with E-state index in [9.17, 15) is 32.1 Å². The first-order chi connectivity index (χ1) is 9.60. The van der Waals surface area contributed by atoms with Crippen LogP contribution in [0.5, 0.6) is 0 Å². The largest absolute Gasteiger partial charge is 0.468 e. The number of rotatable bonds is 2. The lowest BCUT2D eigenvalue weighted by Gasteiger charge is -2.35. The van der Waals surface area contributed by atoms with Crippen molar-refractivity contribution in [2.45, 2.75) is 23.9 Å². The van der Waals surface area contributed by atoms with Gasteiger partial charge in [0.1, 0.15) is 0 Å². The average Bonchev–Trinajstić information content (AvgIpc) is 2.37. The smallest absolute Gasteiger partial charge is 0.263 e. The summed E-state index contributed by atoms with van der Waals surface area (Å²) in [5, 5.41) is 12.1. The van der Waals surface area contributed by atoms with Crippen molar-refractivity contribution in [1.82, 2.24) is 15.3 Å². The van der Waals surface area contributed by atoms with Crippen LogP contribution in [-0.2, 0) is 0 Å². The third kappa shape index (κ3) is 2.41. The summed E-state index contributed by atoms with van der Waals surface area (Å²) in [4.78, 5) is 18.3. The molecule has 0 saturated heterocycles. The summed E-state index contributed by atoms with van der Waals surface area (Å²) >= 11 is 0. The van der Waals surface area contributed by atoms with Crippen LogP contribution in [0.25, 0.3) is 0 Å². The van der Waals surface area contributed by atoms with Crippen LogP contribution in [0, 0.1) is 10.1 Å². The van der Waals surface area contributed by atoms with Gasteiger partial charge in [-0.15, -0.1) is 0 Å². The SMILES string of the molecule is O=[N+]([O-])C1(C(F)(F)F)C=NC(F)(F)NC1c1ncccn1. The van der Waals surface area contributed by atoms with Gasteiger partial charge in [0.25, 0.3) is 0 Å². The van der Waals surface area contributed by atoms with Gasteiger partial charge in [0, 0.05) is 17.3 Å². The van der Waals surface area contributed by atoms with Gasteiger partial charge >= 0.3 is 17.9 Å². The number of nitrogens with one attached hydrogen (secondary N) is 1. The second-order valence-corrected chi connectivity index (χ2v) is 4.06. The van der Waals surface area contributed by atoms with E-state index in [2.05, 4.69) is 15.0 Å². The van der Waals surface area contributed by atoms with Gasteiger partial charge in [-0.1, -0.05) is 0 Å².